The molecule has 28 heavy (non-hydrogen) atoms. The standard InChI is InChI=1S/C24H21N3S/c1-3-7-18(8-4-1)21-13-22(28-17-21)15-27-12-11-20-14-25-24(26-23(20)16-27)19-9-5-2-6-10-19/h1-10,13-14,17H,11-12,15-16H2. The fourth-order valence-corrected chi connectivity index (χ4v) is 4.62. The van der Waals surface area contributed by atoms with Crippen molar-refractivity contribution < 1.29 is 0 Å². The Hall–Kier alpha value is -2.82. The molecule has 0 atom stereocenters. The van der Waals surface area contributed by atoms with E-state index in [9.17, 15) is 0 Å². The fourth-order valence-electron chi connectivity index (χ4n) is 3.68. The van der Waals surface area contributed by atoms with Crippen LogP contribution in [0.15, 0.2) is 78.3 Å². The summed E-state index contributed by atoms with van der Waals surface area (Å²) < 4.78 is 0. The Morgan fingerprint density at radius 3 is 2.43 bits per heavy atom. The molecule has 0 spiro atoms. The molecule has 3 nitrogen and oxygen atoms in total. The summed E-state index contributed by atoms with van der Waals surface area (Å²) in [5, 5.41) is 2.26. The zero-order chi connectivity index (χ0) is 18.8. The summed E-state index contributed by atoms with van der Waals surface area (Å²) in [6.07, 6.45) is 3.03. The Morgan fingerprint density at radius 2 is 1.64 bits per heavy atom. The predicted molar refractivity (Wildman–Crippen MR) is 115 cm³/mol. The van der Waals surface area contributed by atoms with Gasteiger partial charge in [-0.15, -0.1) is 11.3 Å². The van der Waals surface area contributed by atoms with Gasteiger partial charge >= 0.3 is 0 Å². The Balaban J connectivity index is 1.33. The van der Waals surface area contributed by atoms with E-state index in [2.05, 4.69) is 63.8 Å². The van der Waals surface area contributed by atoms with Crippen LogP contribution in [0, 0.1) is 0 Å². The molecule has 2 aromatic carbocycles. The lowest BCUT2D eigenvalue weighted by Gasteiger charge is -2.27. The number of fused-ring (bicyclic) bond motifs is 1. The highest BCUT2D eigenvalue weighted by atomic mass is 32.1. The Bertz CT molecular complexity index is 1070. The van der Waals surface area contributed by atoms with Crippen molar-refractivity contribution in [3.05, 3.63) is 94.4 Å². The first kappa shape index (κ1) is 17.3. The summed E-state index contributed by atoms with van der Waals surface area (Å²) in [5.74, 6) is 0.823. The van der Waals surface area contributed by atoms with Crippen LogP contribution in [0.25, 0.3) is 22.5 Å². The van der Waals surface area contributed by atoms with Crippen molar-refractivity contribution in [1.29, 1.82) is 0 Å². The molecule has 4 heteroatoms. The minimum Gasteiger partial charge on any atom is -0.292 e. The van der Waals surface area contributed by atoms with Gasteiger partial charge in [0.1, 0.15) is 0 Å². The summed E-state index contributed by atoms with van der Waals surface area (Å²) >= 11 is 1.84. The first-order valence-corrected chi connectivity index (χ1v) is 10.5. The van der Waals surface area contributed by atoms with E-state index in [0.717, 1.165) is 37.4 Å². The molecule has 0 amide bonds. The molecule has 4 aromatic rings. The largest absolute Gasteiger partial charge is 0.292 e. The summed E-state index contributed by atoms with van der Waals surface area (Å²) in [4.78, 5) is 13.4. The Kier molecular flexibility index (Phi) is 4.73. The molecular weight excluding hydrogens is 362 g/mol. The van der Waals surface area contributed by atoms with Gasteiger partial charge in [0.05, 0.1) is 5.69 Å². The zero-order valence-electron chi connectivity index (χ0n) is 15.6. The van der Waals surface area contributed by atoms with E-state index in [-0.39, 0.29) is 0 Å². The zero-order valence-corrected chi connectivity index (χ0v) is 16.4. The predicted octanol–water partition coefficient (Wildman–Crippen LogP) is 5.43. The lowest BCUT2D eigenvalue weighted by atomic mass is 10.1. The van der Waals surface area contributed by atoms with Gasteiger partial charge in [0.25, 0.3) is 0 Å². The monoisotopic (exact) mass is 383 g/mol. The van der Waals surface area contributed by atoms with Crippen molar-refractivity contribution in [2.24, 2.45) is 0 Å². The number of benzene rings is 2. The lowest BCUT2D eigenvalue weighted by molar-refractivity contribution is 0.243. The van der Waals surface area contributed by atoms with Crippen LogP contribution in [0.1, 0.15) is 16.1 Å². The SMILES string of the molecule is c1ccc(-c2csc(CN3CCc4cnc(-c5ccccc5)nc4C3)c2)cc1. The van der Waals surface area contributed by atoms with Gasteiger partial charge in [0.15, 0.2) is 5.82 Å². The van der Waals surface area contributed by atoms with E-state index in [0.29, 0.717) is 0 Å². The minimum absolute atomic E-state index is 0.823. The highest BCUT2D eigenvalue weighted by Gasteiger charge is 2.19. The first-order valence-electron chi connectivity index (χ1n) is 9.60. The topological polar surface area (TPSA) is 29.0 Å². The van der Waals surface area contributed by atoms with Crippen LogP contribution >= 0.6 is 11.3 Å². The Morgan fingerprint density at radius 1 is 0.893 bits per heavy atom. The number of rotatable bonds is 4. The van der Waals surface area contributed by atoms with Crippen LogP contribution < -0.4 is 0 Å². The van der Waals surface area contributed by atoms with E-state index in [4.69, 9.17) is 4.98 Å². The van der Waals surface area contributed by atoms with Gasteiger partial charge in [-0.25, -0.2) is 9.97 Å². The van der Waals surface area contributed by atoms with Crippen molar-refractivity contribution in [2.75, 3.05) is 6.54 Å². The van der Waals surface area contributed by atoms with Gasteiger partial charge in [0.2, 0.25) is 0 Å². The molecule has 5 rings (SSSR count). The molecule has 0 aliphatic carbocycles. The lowest BCUT2D eigenvalue weighted by Crippen LogP contribution is -2.30. The van der Waals surface area contributed by atoms with E-state index in [1.165, 1.54) is 27.3 Å². The second-order valence-electron chi connectivity index (χ2n) is 7.16. The summed E-state index contributed by atoms with van der Waals surface area (Å²) in [5.41, 5.74) is 6.13. The molecule has 0 unspecified atom stereocenters. The van der Waals surface area contributed by atoms with Crippen LogP contribution in [0.4, 0.5) is 0 Å². The number of hydrogen-bond acceptors (Lipinski definition) is 4. The third kappa shape index (κ3) is 3.61. The number of nitrogens with zero attached hydrogens (tertiary/aromatic N) is 3. The van der Waals surface area contributed by atoms with Crippen LogP contribution in [0.5, 0.6) is 0 Å². The van der Waals surface area contributed by atoms with Crippen molar-refractivity contribution in [3.8, 4) is 22.5 Å². The van der Waals surface area contributed by atoms with E-state index in [1.807, 2.05) is 35.7 Å². The average molecular weight is 384 g/mol. The van der Waals surface area contributed by atoms with Crippen LogP contribution in [0.2, 0.25) is 0 Å². The molecule has 1 aliphatic heterocycles. The number of thiophene rings is 1. The molecule has 0 N–H and O–H groups in total. The molecule has 2 aromatic heterocycles. The van der Waals surface area contributed by atoms with Gasteiger partial charge in [-0.2, -0.15) is 0 Å². The maximum absolute atomic E-state index is 4.88. The van der Waals surface area contributed by atoms with Gasteiger partial charge in [-0.3, -0.25) is 4.90 Å². The molecule has 138 valence electrons. The number of aromatic nitrogens is 2. The van der Waals surface area contributed by atoms with Crippen LogP contribution in [0.3, 0.4) is 0 Å². The molecule has 0 radical (unpaired) electrons. The highest BCUT2D eigenvalue weighted by Crippen LogP contribution is 2.28. The van der Waals surface area contributed by atoms with Gasteiger partial charge in [-0.05, 0) is 34.6 Å². The van der Waals surface area contributed by atoms with Crippen LogP contribution in [-0.2, 0) is 19.5 Å². The molecule has 0 saturated heterocycles. The molecule has 0 saturated carbocycles. The van der Waals surface area contributed by atoms with E-state index < -0.39 is 0 Å². The first-order chi connectivity index (χ1) is 13.8. The Labute approximate surface area is 169 Å². The second-order valence-corrected chi connectivity index (χ2v) is 8.16. The van der Waals surface area contributed by atoms with Crippen LogP contribution in [-0.4, -0.2) is 21.4 Å². The minimum atomic E-state index is 0.823. The van der Waals surface area contributed by atoms with Crippen molar-refractivity contribution in [3.63, 3.8) is 0 Å². The fraction of sp³-hybridized carbons (Fsp3) is 0.167. The quantitative estimate of drug-likeness (QED) is 0.470. The smallest absolute Gasteiger partial charge is 0.159 e. The van der Waals surface area contributed by atoms with Gasteiger partial charge in [-0.1, -0.05) is 60.7 Å². The molecule has 1 aliphatic rings. The number of hydrogen-bond donors (Lipinski definition) is 0. The second kappa shape index (κ2) is 7.66. The normalized spacial score (nSPS) is 14.0. The maximum Gasteiger partial charge on any atom is 0.159 e. The molecular formula is C24H21N3S. The van der Waals surface area contributed by atoms with Gasteiger partial charge < -0.3 is 0 Å². The van der Waals surface area contributed by atoms with Crippen molar-refractivity contribution in [1.82, 2.24) is 14.9 Å². The third-order valence-electron chi connectivity index (χ3n) is 5.20. The summed E-state index contributed by atoms with van der Waals surface area (Å²) in [6, 6.07) is 23.1. The maximum atomic E-state index is 4.88. The van der Waals surface area contributed by atoms with Gasteiger partial charge in [0, 0.05) is 36.3 Å². The molecule has 0 fully saturated rings. The highest BCUT2D eigenvalue weighted by molar-refractivity contribution is 7.10. The summed E-state index contributed by atoms with van der Waals surface area (Å²) in [6.45, 7) is 2.91. The van der Waals surface area contributed by atoms with Crippen molar-refractivity contribution >= 4 is 11.3 Å². The van der Waals surface area contributed by atoms with E-state index in [1.54, 1.807) is 0 Å². The molecule has 0 bridgehead atoms. The average Bonchev–Trinajstić information content (AvgIpc) is 3.23. The third-order valence-corrected chi connectivity index (χ3v) is 6.12. The molecule has 3 heterocycles. The van der Waals surface area contributed by atoms with Crippen molar-refractivity contribution in [2.45, 2.75) is 19.5 Å². The summed E-state index contributed by atoms with van der Waals surface area (Å²) in [7, 11) is 0. The van der Waals surface area contributed by atoms with E-state index >= 15 is 0 Å².